The van der Waals surface area contributed by atoms with Crippen LogP contribution in [0.3, 0.4) is 0 Å². The van der Waals surface area contributed by atoms with Gasteiger partial charge < -0.3 is 4.74 Å². The first-order valence-electron chi connectivity index (χ1n) is 5.42. The van der Waals surface area contributed by atoms with Crippen LogP contribution in [0.15, 0.2) is 4.99 Å². The van der Waals surface area contributed by atoms with Gasteiger partial charge in [0.05, 0.1) is 0 Å². The van der Waals surface area contributed by atoms with E-state index < -0.39 is 0 Å². The predicted molar refractivity (Wildman–Crippen MR) is 56.6 cm³/mol. The minimum Gasteiger partial charge on any atom is -0.461 e. The summed E-state index contributed by atoms with van der Waals surface area (Å²) in [5.74, 6) is -0.185. The summed E-state index contributed by atoms with van der Waals surface area (Å²) in [6, 6.07) is -0.345. The van der Waals surface area contributed by atoms with Gasteiger partial charge in [0, 0.05) is 0 Å². The molecule has 1 unspecified atom stereocenters. The van der Waals surface area contributed by atoms with Crippen LogP contribution >= 0.6 is 0 Å². The van der Waals surface area contributed by atoms with Crippen molar-refractivity contribution in [3.63, 3.8) is 0 Å². The first kappa shape index (κ1) is 11.2. The van der Waals surface area contributed by atoms with Crippen molar-refractivity contribution in [2.24, 2.45) is 4.99 Å². The fraction of sp³-hybridized carbons (Fsp3) is 0.818. The zero-order valence-electron chi connectivity index (χ0n) is 9.03. The topological polar surface area (TPSA) is 38.7 Å². The Balaban J connectivity index is 2.31. The molecule has 0 aromatic heterocycles. The minimum absolute atomic E-state index is 0.144. The molecular formula is C11H19NO2. The molecule has 1 saturated carbocycles. The van der Waals surface area contributed by atoms with E-state index in [0.717, 1.165) is 12.8 Å². The molecule has 3 heteroatoms. The molecule has 0 saturated heterocycles. The van der Waals surface area contributed by atoms with Gasteiger partial charge in [0.15, 0.2) is 0 Å². The Kier molecular flexibility index (Phi) is 4.63. The van der Waals surface area contributed by atoms with Crippen LogP contribution in [0.25, 0.3) is 0 Å². The lowest BCUT2D eigenvalue weighted by Crippen LogP contribution is -2.26. The van der Waals surface area contributed by atoms with Gasteiger partial charge in [-0.1, -0.05) is 6.42 Å². The number of aliphatic imine (C=N–C) groups is 1. The fourth-order valence-corrected chi connectivity index (χ4v) is 1.73. The van der Waals surface area contributed by atoms with Gasteiger partial charge in [0.25, 0.3) is 0 Å². The second-order valence-corrected chi connectivity index (χ2v) is 3.78. The molecule has 14 heavy (non-hydrogen) atoms. The molecule has 3 nitrogen and oxygen atoms in total. The van der Waals surface area contributed by atoms with Crippen molar-refractivity contribution >= 4 is 12.2 Å². The van der Waals surface area contributed by atoms with Crippen LogP contribution in [0.5, 0.6) is 0 Å². The van der Waals surface area contributed by atoms with E-state index in [1.165, 1.54) is 19.3 Å². The summed E-state index contributed by atoms with van der Waals surface area (Å²) in [6.07, 6.45) is 7.48. The first-order valence-corrected chi connectivity index (χ1v) is 5.42. The van der Waals surface area contributed by atoms with Crippen molar-refractivity contribution in [1.82, 2.24) is 0 Å². The van der Waals surface area contributed by atoms with E-state index in [0.29, 0.717) is 0 Å². The molecule has 1 fully saturated rings. The zero-order valence-corrected chi connectivity index (χ0v) is 9.03. The lowest BCUT2D eigenvalue weighted by atomic mass is 9.98. The summed E-state index contributed by atoms with van der Waals surface area (Å²) in [7, 11) is 0. The maximum absolute atomic E-state index is 11.5. The summed E-state index contributed by atoms with van der Waals surface area (Å²) >= 11 is 0. The highest BCUT2D eigenvalue weighted by Crippen LogP contribution is 2.20. The number of ether oxygens (including phenoxy) is 1. The van der Waals surface area contributed by atoms with Crippen molar-refractivity contribution in [3.8, 4) is 0 Å². The predicted octanol–water partition coefficient (Wildman–Crippen LogP) is 2.34. The van der Waals surface area contributed by atoms with Crippen LogP contribution in [-0.4, -0.2) is 24.3 Å². The maximum atomic E-state index is 11.5. The third-order valence-corrected chi connectivity index (χ3v) is 2.55. The van der Waals surface area contributed by atoms with E-state index in [2.05, 4.69) is 4.99 Å². The minimum atomic E-state index is -0.345. The van der Waals surface area contributed by atoms with Crippen molar-refractivity contribution in [2.75, 3.05) is 0 Å². The third kappa shape index (κ3) is 3.48. The summed E-state index contributed by atoms with van der Waals surface area (Å²) < 4.78 is 5.35. The first-order chi connectivity index (χ1) is 6.74. The van der Waals surface area contributed by atoms with Gasteiger partial charge in [-0.15, -0.1) is 0 Å². The van der Waals surface area contributed by atoms with Crippen LogP contribution < -0.4 is 0 Å². The zero-order chi connectivity index (χ0) is 10.4. The molecule has 1 rings (SSSR count). The summed E-state index contributed by atoms with van der Waals surface area (Å²) in [5, 5.41) is 0. The lowest BCUT2D eigenvalue weighted by Gasteiger charge is -2.22. The van der Waals surface area contributed by atoms with Crippen molar-refractivity contribution in [3.05, 3.63) is 0 Å². The van der Waals surface area contributed by atoms with Crippen molar-refractivity contribution < 1.29 is 9.53 Å². The Hall–Kier alpha value is -0.860. The molecule has 0 aromatic carbocycles. The van der Waals surface area contributed by atoms with Gasteiger partial charge in [-0.3, -0.25) is 4.99 Å². The van der Waals surface area contributed by atoms with Crippen molar-refractivity contribution in [2.45, 2.75) is 58.1 Å². The highest BCUT2D eigenvalue weighted by molar-refractivity contribution is 5.77. The van der Waals surface area contributed by atoms with Gasteiger partial charge in [-0.25, -0.2) is 4.79 Å². The van der Waals surface area contributed by atoms with Gasteiger partial charge >= 0.3 is 5.97 Å². The Bertz CT molecular complexity index is 207. The van der Waals surface area contributed by atoms with E-state index in [1.807, 2.05) is 6.92 Å². The Morgan fingerprint density at radius 3 is 2.64 bits per heavy atom. The molecule has 0 amide bonds. The number of nitrogens with zero attached hydrogens (tertiary/aromatic N) is 1. The highest BCUT2D eigenvalue weighted by Gasteiger charge is 2.20. The van der Waals surface area contributed by atoms with Gasteiger partial charge in [0.2, 0.25) is 0 Å². The Labute approximate surface area is 85.6 Å². The van der Waals surface area contributed by atoms with Gasteiger partial charge in [-0.05, 0) is 45.7 Å². The quantitative estimate of drug-likeness (QED) is 0.514. The molecule has 0 radical (unpaired) electrons. The average Bonchev–Trinajstić information content (AvgIpc) is 2.19. The normalized spacial score (nSPS) is 21.0. The number of rotatable bonds is 3. The van der Waals surface area contributed by atoms with E-state index in [1.54, 1.807) is 13.1 Å². The largest absolute Gasteiger partial charge is 0.461 e. The number of hydrogen-bond acceptors (Lipinski definition) is 3. The number of hydrogen-bond donors (Lipinski definition) is 0. The number of carbonyl (C=O) groups excluding carboxylic acids is 1. The molecular weight excluding hydrogens is 178 g/mol. The molecule has 0 N–H and O–H groups in total. The number of carbonyl (C=O) groups is 1. The molecule has 0 bridgehead atoms. The Morgan fingerprint density at radius 2 is 2.07 bits per heavy atom. The molecule has 0 spiro atoms. The van der Waals surface area contributed by atoms with Gasteiger partial charge in [-0.2, -0.15) is 0 Å². The molecule has 1 aliphatic carbocycles. The molecule has 0 aliphatic heterocycles. The van der Waals surface area contributed by atoms with E-state index >= 15 is 0 Å². The Morgan fingerprint density at radius 1 is 1.43 bits per heavy atom. The summed E-state index contributed by atoms with van der Waals surface area (Å²) in [6.45, 7) is 3.58. The standard InChI is InChI=1S/C11H19NO2/c1-3-12-9(2)11(13)14-10-7-5-4-6-8-10/h3,9-10H,4-8H2,1-2H3. The third-order valence-electron chi connectivity index (χ3n) is 2.55. The highest BCUT2D eigenvalue weighted by atomic mass is 16.5. The molecule has 80 valence electrons. The van der Waals surface area contributed by atoms with E-state index in [9.17, 15) is 4.79 Å². The van der Waals surface area contributed by atoms with E-state index in [4.69, 9.17) is 4.74 Å². The SMILES string of the molecule is CC=NC(C)C(=O)OC1CCCCC1. The monoisotopic (exact) mass is 197 g/mol. The fourth-order valence-electron chi connectivity index (χ4n) is 1.73. The van der Waals surface area contributed by atoms with Gasteiger partial charge in [0.1, 0.15) is 12.1 Å². The van der Waals surface area contributed by atoms with Crippen LogP contribution in [0.2, 0.25) is 0 Å². The van der Waals surface area contributed by atoms with Crippen molar-refractivity contribution in [1.29, 1.82) is 0 Å². The van der Waals surface area contributed by atoms with E-state index in [-0.39, 0.29) is 18.1 Å². The average molecular weight is 197 g/mol. The second-order valence-electron chi connectivity index (χ2n) is 3.78. The molecule has 1 atom stereocenters. The van der Waals surface area contributed by atoms with Crippen LogP contribution in [0.1, 0.15) is 46.0 Å². The molecule has 0 aromatic rings. The number of esters is 1. The summed E-state index contributed by atoms with van der Waals surface area (Å²) in [5.41, 5.74) is 0. The molecule has 1 aliphatic rings. The summed E-state index contributed by atoms with van der Waals surface area (Å²) in [4.78, 5) is 15.5. The van der Waals surface area contributed by atoms with Crippen LogP contribution in [0, 0.1) is 0 Å². The maximum Gasteiger partial charge on any atom is 0.330 e. The smallest absolute Gasteiger partial charge is 0.330 e. The lowest BCUT2D eigenvalue weighted by molar-refractivity contribution is -0.151. The van der Waals surface area contributed by atoms with Crippen LogP contribution in [-0.2, 0) is 9.53 Å². The molecule has 0 heterocycles. The second kappa shape index (κ2) is 5.78. The van der Waals surface area contributed by atoms with Crippen LogP contribution in [0.4, 0.5) is 0 Å².